The van der Waals surface area contributed by atoms with Crippen molar-refractivity contribution in [1.82, 2.24) is 10.2 Å². The Hall–Kier alpha value is -1.75. The Kier molecular flexibility index (Phi) is 3.53. The maximum absolute atomic E-state index is 11.9. The van der Waals surface area contributed by atoms with E-state index < -0.39 is 0 Å². The fourth-order valence-corrected chi connectivity index (χ4v) is 2.58. The fourth-order valence-electron chi connectivity index (χ4n) is 2.45. The topological polar surface area (TPSA) is 61.4 Å². The van der Waals surface area contributed by atoms with E-state index in [1.807, 2.05) is 4.90 Å². The van der Waals surface area contributed by atoms with Crippen molar-refractivity contribution in [1.29, 1.82) is 0 Å². The zero-order valence-electron chi connectivity index (χ0n) is 10.9. The van der Waals surface area contributed by atoms with Crippen LogP contribution in [-0.4, -0.2) is 35.5 Å². The van der Waals surface area contributed by atoms with Gasteiger partial charge in [-0.2, -0.15) is 0 Å². The van der Waals surface area contributed by atoms with Crippen LogP contribution >= 0.6 is 11.6 Å². The smallest absolute Gasteiger partial charge is 0.319 e. The second-order valence-electron chi connectivity index (χ2n) is 5.28. The number of carbonyl (C=O) groups excluding carboxylic acids is 2. The molecule has 3 amide bonds. The number of halogens is 1. The summed E-state index contributed by atoms with van der Waals surface area (Å²) in [6, 6.07) is 6.92. The lowest BCUT2D eigenvalue weighted by Gasteiger charge is -2.16. The highest BCUT2D eigenvalue weighted by Crippen LogP contribution is 2.30. The van der Waals surface area contributed by atoms with Gasteiger partial charge in [-0.1, -0.05) is 11.6 Å². The van der Waals surface area contributed by atoms with Gasteiger partial charge in [0.15, 0.2) is 0 Å². The van der Waals surface area contributed by atoms with E-state index in [0.717, 1.165) is 12.8 Å². The SMILES string of the molecule is O=C(Nc1ccc(Cl)cc1)NC1CC(=O)N(C2CC2)C1. The number of nitrogens with one attached hydrogen (secondary N) is 2. The van der Waals surface area contributed by atoms with Gasteiger partial charge in [0.25, 0.3) is 0 Å². The zero-order chi connectivity index (χ0) is 14.1. The van der Waals surface area contributed by atoms with Crippen molar-refractivity contribution in [3.8, 4) is 0 Å². The van der Waals surface area contributed by atoms with Gasteiger partial charge in [-0.05, 0) is 37.1 Å². The van der Waals surface area contributed by atoms with Crippen molar-refractivity contribution in [2.24, 2.45) is 0 Å². The normalized spacial score (nSPS) is 21.9. The highest BCUT2D eigenvalue weighted by molar-refractivity contribution is 6.30. The van der Waals surface area contributed by atoms with Crippen molar-refractivity contribution < 1.29 is 9.59 Å². The summed E-state index contributed by atoms with van der Waals surface area (Å²) in [5, 5.41) is 6.19. The quantitative estimate of drug-likeness (QED) is 0.898. The molecule has 1 saturated carbocycles. The summed E-state index contributed by atoms with van der Waals surface area (Å²) in [7, 11) is 0. The number of nitrogens with zero attached hydrogens (tertiary/aromatic N) is 1. The Morgan fingerprint density at radius 2 is 1.95 bits per heavy atom. The molecule has 1 atom stereocenters. The molecule has 1 aliphatic heterocycles. The Morgan fingerprint density at radius 3 is 2.60 bits per heavy atom. The molecule has 1 unspecified atom stereocenters. The van der Waals surface area contributed by atoms with E-state index in [2.05, 4.69) is 10.6 Å². The van der Waals surface area contributed by atoms with Crippen molar-refractivity contribution >= 4 is 29.2 Å². The maximum Gasteiger partial charge on any atom is 0.319 e. The molecule has 106 valence electrons. The zero-order valence-corrected chi connectivity index (χ0v) is 11.7. The summed E-state index contributed by atoms with van der Waals surface area (Å²) in [5.41, 5.74) is 0.676. The molecule has 2 aliphatic rings. The standard InChI is InChI=1S/C14H16ClN3O2/c15-9-1-3-10(4-2-9)16-14(20)17-11-7-13(19)18(8-11)12-5-6-12/h1-4,11-12H,5-8H2,(H2,16,17,20). The molecule has 1 saturated heterocycles. The third kappa shape index (κ3) is 3.04. The number of hydrogen-bond donors (Lipinski definition) is 2. The van der Waals surface area contributed by atoms with Crippen LogP contribution in [0.15, 0.2) is 24.3 Å². The monoisotopic (exact) mass is 293 g/mol. The number of amides is 3. The predicted molar refractivity (Wildman–Crippen MR) is 76.7 cm³/mol. The van der Waals surface area contributed by atoms with E-state index in [9.17, 15) is 9.59 Å². The Bertz CT molecular complexity index is 528. The Labute approximate surface area is 122 Å². The summed E-state index contributed by atoms with van der Waals surface area (Å²) in [6.07, 6.45) is 2.58. The minimum Gasteiger partial charge on any atom is -0.338 e. The van der Waals surface area contributed by atoms with Gasteiger partial charge in [0, 0.05) is 29.7 Å². The van der Waals surface area contributed by atoms with E-state index >= 15 is 0 Å². The summed E-state index contributed by atoms with van der Waals surface area (Å²) in [5.74, 6) is 0.143. The number of likely N-dealkylation sites (tertiary alicyclic amines) is 1. The molecule has 6 heteroatoms. The van der Waals surface area contributed by atoms with Gasteiger partial charge in [-0.25, -0.2) is 4.79 Å². The highest BCUT2D eigenvalue weighted by Gasteiger charge is 2.39. The highest BCUT2D eigenvalue weighted by atomic mass is 35.5. The largest absolute Gasteiger partial charge is 0.338 e. The second kappa shape index (κ2) is 5.32. The number of carbonyl (C=O) groups is 2. The van der Waals surface area contributed by atoms with Gasteiger partial charge >= 0.3 is 6.03 Å². The van der Waals surface area contributed by atoms with E-state index in [-0.39, 0.29) is 18.0 Å². The van der Waals surface area contributed by atoms with Crippen LogP contribution in [0.5, 0.6) is 0 Å². The molecule has 2 N–H and O–H groups in total. The first-order valence-corrected chi connectivity index (χ1v) is 7.12. The molecular formula is C14H16ClN3O2. The van der Waals surface area contributed by atoms with Crippen LogP contribution in [0.25, 0.3) is 0 Å². The molecule has 5 nitrogen and oxygen atoms in total. The first kappa shape index (κ1) is 13.2. The molecule has 0 spiro atoms. The number of anilines is 1. The minimum atomic E-state index is -0.289. The van der Waals surface area contributed by atoms with E-state index in [1.54, 1.807) is 24.3 Å². The van der Waals surface area contributed by atoms with Crippen molar-refractivity contribution in [3.05, 3.63) is 29.3 Å². The Balaban J connectivity index is 1.51. The molecule has 1 aromatic rings. The molecule has 1 aliphatic carbocycles. The lowest BCUT2D eigenvalue weighted by molar-refractivity contribution is -0.128. The lowest BCUT2D eigenvalue weighted by atomic mass is 10.2. The summed E-state index contributed by atoms with van der Waals surface area (Å²) < 4.78 is 0. The summed E-state index contributed by atoms with van der Waals surface area (Å²) >= 11 is 5.78. The molecule has 3 rings (SSSR count). The number of hydrogen-bond acceptors (Lipinski definition) is 2. The molecule has 2 fully saturated rings. The molecule has 0 radical (unpaired) electrons. The second-order valence-corrected chi connectivity index (χ2v) is 5.72. The van der Waals surface area contributed by atoms with Crippen molar-refractivity contribution in [3.63, 3.8) is 0 Å². The van der Waals surface area contributed by atoms with Crippen LogP contribution in [0, 0.1) is 0 Å². The minimum absolute atomic E-state index is 0.101. The van der Waals surface area contributed by atoms with Gasteiger partial charge in [0.2, 0.25) is 5.91 Å². The lowest BCUT2D eigenvalue weighted by Crippen LogP contribution is -2.40. The summed E-state index contributed by atoms with van der Waals surface area (Å²) in [6.45, 7) is 0.623. The maximum atomic E-state index is 11.9. The van der Waals surface area contributed by atoms with Crippen molar-refractivity contribution in [2.45, 2.75) is 31.3 Å². The van der Waals surface area contributed by atoms with E-state index in [0.29, 0.717) is 29.7 Å². The molecule has 0 bridgehead atoms. The van der Waals surface area contributed by atoms with Crippen LogP contribution in [-0.2, 0) is 4.79 Å². The van der Waals surface area contributed by atoms with Gasteiger partial charge in [-0.15, -0.1) is 0 Å². The van der Waals surface area contributed by atoms with Crippen LogP contribution in [0.1, 0.15) is 19.3 Å². The number of rotatable bonds is 3. The van der Waals surface area contributed by atoms with Gasteiger partial charge < -0.3 is 15.5 Å². The molecule has 20 heavy (non-hydrogen) atoms. The van der Waals surface area contributed by atoms with Crippen LogP contribution in [0.3, 0.4) is 0 Å². The van der Waals surface area contributed by atoms with Crippen LogP contribution in [0.2, 0.25) is 5.02 Å². The van der Waals surface area contributed by atoms with E-state index in [1.165, 1.54) is 0 Å². The van der Waals surface area contributed by atoms with Crippen LogP contribution < -0.4 is 10.6 Å². The average Bonchev–Trinajstić information content (AvgIpc) is 3.17. The third-order valence-electron chi connectivity index (χ3n) is 3.58. The Morgan fingerprint density at radius 1 is 1.25 bits per heavy atom. The number of urea groups is 1. The third-order valence-corrected chi connectivity index (χ3v) is 3.84. The van der Waals surface area contributed by atoms with E-state index in [4.69, 9.17) is 11.6 Å². The average molecular weight is 294 g/mol. The molecule has 0 aromatic heterocycles. The van der Waals surface area contributed by atoms with Gasteiger partial charge in [0.1, 0.15) is 0 Å². The van der Waals surface area contributed by atoms with Gasteiger partial charge in [-0.3, -0.25) is 4.79 Å². The number of benzene rings is 1. The molecule has 1 aromatic carbocycles. The van der Waals surface area contributed by atoms with Gasteiger partial charge in [0.05, 0.1) is 6.04 Å². The first-order valence-electron chi connectivity index (χ1n) is 6.74. The first-order chi connectivity index (χ1) is 9.61. The fraction of sp³-hybridized carbons (Fsp3) is 0.429. The van der Waals surface area contributed by atoms with Crippen LogP contribution in [0.4, 0.5) is 10.5 Å². The predicted octanol–water partition coefficient (Wildman–Crippen LogP) is 2.22. The molecule has 1 heterocycles. The van der Waals surface area contributed by atoms with Crippen molar-refractivity contribution in [2.75, 3.05) is 11.9 Å². The summed E-state index contributed by atoms with van der Waals surface area (Å²) in [4.78, 5) is 25.5. The molecular weight excluding hydrogens is 278 g/mol.